The average molecular weight is 380 g/mol. The Bertz CT molecular complexity index is 914. The second-order valence-corrected chi connectivity index (χ2v) is 9.92. The molecule has 1 amide bonds. The summed E-state index contributed by atoms with van der Waals surface area (Å²) in [7, 11) is -1.33. The van der Waals surface area contributed by atoms with E-state index in [4.69, 9.17) is 0 Å². The van der Waals surface area contributed by atoms with Crippen LogP contribution in [0, 0.1) is 6.92 Å². The molecule has 134 valence electrons. The molecule has 0 unspecified atom stereocenters. The summed E-state index contributed by atoms with van der Waals surface area (Å²) in [6, 6.07) is 7.49. The molecule has 2 atom stereocenters. The Hall–Kier alpha value is -1.67. The molecule has 0 aliphatic carbocycles. The Balaban J connectivity index is 1.78. The molecule has 2 aromatic rings. The molecule has 0 N–H and O–H groups in total. The van der Waals surface area contributed by atoms with E-state index in [9.17, 15) is 13.2 Å². The maximum absolute atomic E-state index is 12.7. The predicted molar refractivity (Wildman–Crippen MR) is 99.4 cm³/mol. The van der Waals surface area contributed by atoms with Crippen molar-refractivity contribution in [2.75, 3.05) is 18.6 Å². The highest BCUT2D eigenvalue weighted by atomic mass is 32.2. The van der Waals surface area contributed by atoms with Gasteiger partial charge >= 0.3 is 0 Å². The highest BCUT2D eigenvalue weighted by Gasteiger charge is 2.34. The van der Waals surface area contributed by atoms with E-state index < -0.39 is 9.84 Å². The number of rotatable bonds is 4. The van der Waals surface area contributed by atoms with Crippen LogP contribution in [0.25, 0.3) is 10.9 Å². The predicted octanol–water partition coefficient (Wildman–Crippen LogP) is 2.06. The lowest BCUT2D eigenvalue weighted by Crippen LogP contribution is -2.41. The molecule has 1 aliphatic heterocycles. The number of nitrogens with zero attached hydrogens (tertiary/aromatic N) is 3. The summed E-state index contributed by atoms with van der Waals surface area (Å²) in [6.45, 7) is 3.66. The van der Waals surface area contributed by atoms with Gasteiger partial charge in [-0.25, -0.2) is 18.4 Å². The van der Waals surface area contributed by atoms with Gasteiger partial charge in [-0.1, -0.05) is 30.0 Å². The number of amides is 1. The molecular weight excluding hydrogens is 358 g/mol. The fourth-order valence-corrected chi connectivity index (χ4v) is 5.87. The number of carbonyl (C=O) groups excluding carboxylic acids is 1. The van der Waals surface area contributed by atoms with Crippen molar-refractivity contribution in [1.29, 1.82) is 0 Å². The van der Waals surface area contributed by atoms with E-state index >= 15 is 0 Å². The first kappa shape index (κ1) is 18.1. The van der Waals surface area contributed by atoms with Gasteiger partial charge in [0, 0.05) is 18.5 Å². The van der Waals surface area contributed by atoms with Gasteiger partial charge in [0.2, 0.25) is 5.91 Å². The number of aromatic nitrogens is 2. The summed E-state index contributed by atoms with van der Waals surface area (Å²) >= 11 is 1.39. The van der Waals surface area contributed by atoms with Gasteiger partial charge in [-0.15, -0.1) is 0 Å². The SMILES string of the molecule is Cc1nc(S[C@@H](C)C(=O)N(C)[C@H]2CCS(=O)(=O)C2)c2ccccc2n1. The fourth-order valence-electron chi connectivity index (χ4n) is 3.01. The van der Waals surface area contributed by atoms with Gasteiger partial charge < -0.3 is 4.90 Å². The number of hydrogen-bond acceptors (Lipinski definition) is 6. The molecule has 1 aromatic heterocycles. The molecule has 0 saturated carbocycles. The van der Waals surface area contributed by atoms with Crippen molar-refractivity contribution in [2.24, 2.45) is 0 Å². The van der Waals surface area contributed by atoms with Crippen LogP contribution >= 0.6 is 11.8 Å². The van der Waals surface area contributed by atoms with Crippen LogP contribution in [0.5, 0.6) is 0 Å². The third kappa shape index (κ3) is 3.95. The molecule has 1 aliphatic rings. The average Bonchev–Trinajstić information content (AvgIpc) is 2.93. The first-order valence-corrected chi connectivity index (χ1v) is 10.8. The van der Waals surface area contributed by atoms with Crippen molar-refractivity contribution in [3.05, 3.63) is 30.1 Å². The van der Waals surface area contributed by atoms with Crippen LogP contribution in [0.4, 0.5) is 0 Å². The van der Waals surface area contributed by atoms with E-state index in [0.29, 0.717) is 12.2 Å². The zero-order chi connectivity index (χ0) is 18.2. The monoisotopic (exact) mass is 379 g/mol. The molecule has 0 spiro atoms. The molecule has 0 radical (unpaired) electrons. The summed E-state index contributed by atoms with van der Waals surface area (Å²) in [5.41, 5.74) is 0.854. The molecule has 1 fully saturated rings. The molecule has 6 nitrogen and oxygen atoms in total. The van der Waals surface area contributed by atoms with Crippen molar-refractivity contribution >= 4 is 38.4 Å². The minimum absolute atomic E-state index is 0.0577. The van der Waals surface area contributed by atoms with Gasteiger partial charge in [-0.05, 0) is 26.3 Å². The van der Waals surface area contributed by atoms with Gasteiger partial charge in [0.25, 0.3) is 0 Å². The van der Waals surface area contributed by atoms with E-state index in [-0.39, 0.29) is 28.7 Å². The maximum Gasteiger partial charge on any atom is 0.235 e. The zero-order valence-corrected chi connectivity index (χ0v) is 16.1. The number of benzene rings is 1. The number of aryl methyl sites for hydroxylation is 1. The second kappa shape index (κ2) is 6.92. The molecule has 0 bridgehead atoms. The van der Waals surface area contributed by atoms with Crippen LogP contribution in [-0.2, 0) is 14.6 Å². The van der Waals surface area contributed by atoms with Crippen LogP contribution in [0.3, 0.4) is 0 Å². The number of sulfone groups is 1. The van der Waals surface area contributed by atoms with Gasteiger partial charge in [-0.2, -0.15) is 0 Å². The fraction of sp³-hybridized carbons (Fsp3) is 0.471. The lowest BCUT2D eigenvalue weighted by atomic mass is 10.2. The van der Waals surface area contributed by atoms with E-state index in [1.807, 2.05) is 38.1 Å². The maximum atomic E-state index is 12.7. The first-order valence-electron chi connectivity index (χ1n) is 8.14. The standard InChI is InChI=1S/C17H21N3O3S2/c1-11(17(21)20(3)13-8-9-25(22,23)10-13)24-16-14-6-4-5-7-15(14)18-12(2)19-16/h4-7,11,13H,8-10H2,1-3H3/t11-,13-/m0/s1. The number of hydrogen-bond donors (Lipinski definition) is 0. The van der Waals surface area contributed by atoms with E-state index in [1.54, 1.807) is 11.9 Å². The van der Waals surface area contributed by atoms with E-state index in [0.717, 1.165) is 15.9 Å². The van der Waals surface area contributed by atoms with Crippen LogP contribution in [0.1, 0.15) is 19.2 Å². The van der Waals surface area contributed by atoms with Crippen LogP contribution < -0.4 is 0 Å². The minimum atomic E-state index is -3.01. The lowest BCUT2D eigenvalue weighted by molar-refractivity contribution is -0.130. The summed E-state index contributed by atoms with van der Waals surface area (Å²) in [6.07, 6.45) is 0.511. The normalized spacial score (nSPS) is 20.5. The third-order valence-corrected chi connectivity index (χ3v) is 7.26. The Morgan fingerprint density at radius 1 is 1.32 bits per heavy atom. The summed E-state index contributed by atoms with van der Waals surface area (Å²) < 4.78 is 23.3. The smallest absolute Gasteiger partial charge is 0.235 e. The number of carbonyl (C=O) groups is 1. The number of thioether (sulfide) groups is 1. The van der Waals surface area contributed by atoms with Gasteiger partial charge in [0.15, 0.2) is 9.84 Å². The van der Waals surface area contributed by atoms with Crippen LogP contribution in [0.15, 0.2) is 29.3 Å². The third-order valence-electron chi connectivity index (χ3n) is 4.42. The Morgan fingerprint density at radius 3 is 2.72 bits per heavy atom. The van der Waals surface area contributed by atoms with E-state index in [2.05, 4.69) is 9.97 Å². The van der Waals surface area contributed by atoms with Crippen molar-refractivity contribution in [3.63, 3.8) is 0 Å². The molecule has 2 heterocycles. The molecule has 8 heteroatoms. The highest BCUT2D eigenvalue weighted by molar-refractivity contribution is 8.00. The van der Waals surface area contributed by atoms with Crippen LogP contribution in [0.2, 0.25) is 0 Å². The lowest BCUT2D eigenvalue weighted by Gasteiger charge is -2.26. The molecule has 25 heavy (non-hydrogen) atoms. The second-order valence-electron chi connectivity index (χ2n) is 6.36. The summed E-state index contributed by atoms with van der Waals surface area (Å²) in [5.74, 6) is 0.804. The summed E-state index contributed by atoms with van der Waals surface area (Å²) in [5, 5.41) is 1.34. The summed E-state index contributed by atoms with van der Waals surface area (Å²) in [4.78, 5) is 23.2. The van der Waals surface area contributed by atoms with Crippen molar-refractivity contribution in [2.45, 2.75) is 36.6 Å². The topological polar surface area (TPSA) is 80.2 Å². The van der Waals surface area contributed by atoms with Gasteiger partial charge in [0.05, 0.1) is 22.3 Å². The molecular formula is C17H21N3O3S2. The van der Waals surface area contributed by atoms with Gasteiger partial charge in [-0.3, -0.25) is 4.79 Å². The zero-order valence-electron chi connectivity index (χ0n) is 14.5. The first-order chi connectivity index (χ1) is 11.8. The van der Waals surface area contributed by atoms with Crippen molar-refractivity contribution < 1.29 is 13.2 Å². The Morgan fingerprint density at radius 2 is 2.04 bits per heavy atom. The molecule has 3 rings (SSSR count). The molecule has 1 saturated heterocycles. The number of fused-ring (bicyclic) bond motifs is 1. The van der Waals surface area contributed by atoms with Gasteiger partial charge in [0.1, 0.15) is 10.9 Å². The minimum Gasteiger partial charge on any atom is -0.341 e. The highest BCUT2D eigenvalue weighted by Crippen LogP contribution is 2.30. The Labute approximate surface area is 152 Å². The number of para-hydroxylation sites is 1. The Kier molecular flexibility index (Phi) is 5.02. The van der Waals surface area contributed by atoms with Crippen LogP contribution in [-0.4, -0.2) is 59.0 Å². The van der Waals surface area contributed by atoms with Crippen molar-refractivity contribution in [3.8, 4) is 0 Å². The van der Waals surface area contributed by atoms with E-state index in [1.165, 1.54) is 11.8 Å². The molecule has 1 aromatic carbocycles. The van der Waals surface area contributed by atoms with Crippen molar-refractivity contribution in [1.82, 2.24) is 14.9 Å². The largest absolute Gasteiger partial charge is 0.341 e. The quantitative estimate of drug-likeness (QED) is 0.598.